The molecule has 0 spiro atoms. The number of carboxylic acids is 1. The summed E-state index contributed by atoms with van der Waals surface area (Å²) < 4.78 is 1.40. The highest BCUT2D eigenvalue weighted by atomic mass is 79.9. The van der Waals surface area contributed by atoms with Crippen molar-refractivity contribution in [3.05, 3.63) is 19.8 Å². The first-order chi connectivity index (χ1) is 6.00. The van der Waals surface area contributed by atoms with Crippen molar-refractivity contribution in [2.24, 2.45) is 5.73 Å². The fraction of sp³-hybridized carbons (Fsp3) is 0.286. The maximum Gasteiger partial charge on any atom is 0.320 e. The Morgan fingerprint density at radius 2 is 2.46 bits per heavy atom. The van der Waals surface area contributed by atoms with E-state index in [1.807, 2.05) is 0 Å². The molecule has 0 unspecified atom stereocenters. The van der Waals surface area contributed by atoms with Crippen molar-refractivity contribution >= 4 is 44.8 Å². The smallest absolute Gasteiger partial charge is 0.320 e. The van der Waals surface area contributed by atoms with Crippen molar-refractivity contribution in [2.45, 2.75) is 12.5 Å². The molecule has 3 nitrogen and oxygen atoms in total. The van der Waals surface area contributed by atoms with E-state index in [4.69, 9.17) is 22.4 Å². The first-order valence-corrected chi connectivity index (χ1v) is 5.41. The first-order valence-electron chi connectivity index (χ1n) is 3.43. The molecule has 1 aromatic rings. The highest BCUT2D eigenvalue weighted by Crippen LogP contribution is 2.32. The Hall–Kier alpha value is -0.100. The van der Waals surface area contributed by atoms with Crippen molar-refractivity contribution in [3.63, 3.8) is 0 Å². The van der Waals surface area contributed by atoms with E-state index in [0.717, 1.165) is 9.35 Å². The molecule has 3 N–H and O–H groups in total. The molecule has 0 aromatic carbocycles. The number of aliphatic carboxylic acids is 1. The van der Waals surface area contributed by atoms with Crippen LogP contribution >= 0.6 is 38.9 Å². The van der Waals surface area contributed by atoms with Crippen LogP contribution in [0.3, 0.4) is 0 Å². The monoisotopic (exact) mass is 283 g/mol. The van der Waals surface area contributed by atoms with Crippen molar-refractivity contribution in [3.8, 4) is 0 Å². The summed E-state index contributed by atoms with van der Waals surface area (Å²) in [4.78, 5) is 11.3. The van der Waals surface area contributed by atoms with E-state index in [-0.39, 0.29) is 0 Å². The highest BCUT2D eigenvalue weighted by Gasteiger charge is 2.14. The Kier molecular flexibility index (Phi) is 3.73. The van der Waals surface area contributed by atoms with Gasteiger partial charge in [0.25, 0.3) is 0 Å². The standard InChI is InChI=1S/C7H7BrClNO2S/c8-4-1-3(13-6(4)9)2-5(10)7(11)12/h1,5H,2,10H2,(H,11,12)/t5-/m1/s1. The van der Waals surface area contributed by atoms with E-state index in [0.29, 0.717) is 10.8 Å². The average molecular weight is 285 g/mol. The largest absolute Gasteiger partial charge is 0.480 e. The van der Waals surface area contributed by atoms with Gasteiger partial charge in [0.1, 0.15) is 10.4 Å². The fourth-order valence-corrected chi connectivity index (χ4v) is 2.64. The second-order valence-corrected chi connectivity index (χ2v) is 5.08. The zero-order valence-corrected chi connectivity index (χ0v) is 9.62. The Morgan fingerprint density at radius 3 is 2.85 bits per heavy atom. The molecular weight excluding hydrogens is 278 g/mol. The minimum Gasteiger partial charge on any atom is -0.480 e. The topological polar surface area (TPSA) is 63.3 Å². The molecule has 13 heavy (non-hydrogen) atoms. The van der Waals surface area contributed by atoms with Gasteiger partial charge in [-0.05, 0) is 22.0 Å². The molecule has 0 saturated carbocycles. The van der Waals surface area contributed by atoms with Crippen LogP contribution in [-0.4, -0.2) is 17.1 Å². The van der Waals surface area contributed by atoms with Crippen LogP contribution in [0, 0.1) is 0 Å². The Labute approximate surface area is 92.6 Å². The molecule has 72 valence electrons. The van der Waals surface area contributed by atoms with Crippen molar-refractivity contribution < 1.29 is 9.90 Å². The summed E-state index contributed by atoms with van der Waals surface area (Å²) in [5.74, 6) is -0.999. The van der Waals surface area contributed by atoms with Crippen LogP contribution in [0.15, 0.2) is 10.5 Å². The van der Waals surface area contributed by atoms with Gasteiger partial charge in [-0.1, -0.05) is 11.6 Å². The lowest BCUT2D eigenvalue weighted by atomic mass is 10.2. The summed E-state index contributed by atoms with van der Waals surface area (Å²) in [6, 6.07) is 0.928. The van der Waals surface area contributed by atoms with Gasteiger partial charge in [0.15, 0.2) is 0 Å². The zero-order valence-electron chi connectivity index (χ0n) is 6.46. The maximum absolute atomic E-state index is 10.4. The van der Waals surface area contributed by atoms with Gasteiger partial charge in [0.05, 0.1) is 0 Å². The molecule has 0 aliphatic heterocycles. The molecule has 0 radical (unpaired) electrons. The molecule has 0 aliphatic rings. The number of rotatable bonds is 3. The second kappa shape index (κ2) is 4.41. The molecule has 0 saturated heterocycles. The average Bonchev–Trinajstić information content (AvgIpc) is 2.31. The van der Waals surface area contributed by atoms with Crippen LogP contribution in [0.5, 0.6) is 0 Å². The van der Waals surface area contributed by atoms with E-state index in [1.54, 1.807) is 6.07 Å². The van der Waals surface area contributed by atoms with Crippen LogP contribution in [0.4, 0.5) is 0 Å². The van der Waals surface area contributed by atoms with E-state index >= 15 is 0 Å². The first kappa shape index (κ1) is 11.0. The highest BCUT2D eigenvalue weighted by molar-refractivity contribution is 9.10. The number of hydrogen-bond acceptors (Lipinski definition) is 3. The van der Waals surface area contributed by atoms with E-state index in [2.05, 4.69) is 15.9 Å². The minimum absolute atomic E-state index is 0.311. The second-order valence-electron chi connectivity index (χ2n) is 2.48. The van der Waals surface area contributed by atoms with E-state index in [1.165, 1.54) is 11.3 Å². The Bertz CT molecular complexity index is 309. The Morgan fingerprint density at radius 1 is 1.85 bits per heavy atom. The number of carboxylic acid groups (broad SMARTS) is 1. The molecule has 6 heteroatoms. The molecule has 1 atom stereocenters. The molecule has 0 fully saturated rings. The third-order valence-corrected chi connectivity index (χ3v) is 3.93. The normalized spacial score (nSPS) is 12.8. The van der Waals surface area contributed by atoms with Crippen LogP contribution < -0.4 is 5.73 Å². The quantitative estimate of drug-likeness (QED) is 0.893. The van der Waals surface area contributed by atoms with Crippen molar-refractivity contribution in [1.29, 1.82) is 0 Å². The summed E-state index contributed by atoms with van der Waals surface area (Å²) in [6.45, 7) is 0. The van der Waals surface area contributed by atoms with Gasteiger partial charge in [0.2, 0.25) is 0 Å². The predicted octanol–water partition coefficient (Wildman–Crippen LogP) is 2.12. The van der Waals surface area contributed by atoms with Crippen molar-refractivity contribution in [2.75, 3.05) is 0 Å². The fourth-order valence-electron chi connectivity index (χ4n) is 0.796. The predicted molar refractivity (Wildman–Crippen MR) is 56.3 cm³/mol. The van der Waals surface area contributed by atoms with Crippen molar-refractivity contribution in [1.82, 2.24) is 0 Å². The lowest BCUT2D eigenvalue weighted by molar-refractivity contribution is -0.138. The number of carbonyl (C=O) groups is 1. The van der Waals surface area contributed by atoms with Crippen LogP contribution in [-0.2, 0) is 11.2 Å². The molecule has 0 bridgehead atoms. The Balaban J connectivity index is 2.69. The number of hydrogen-bond donors (Lipinski definition) is 2. The van der Waals surface area contributed by atoms with Gasteiger partial charge in [-0.3, -0.25) is 4.79 Å². The van der Waals surface area contributed by atoms with Crippen LogP contribution in [0.2, 0.25) is 4.34 Å². The minimum atomic E-state index is -0.999. The molecule has 0 amide bonds. The van der Waals surface area contributed by atoms with Crippen LogP contribution in [0.25, 0.3) is 0 Å². The van der Waals surface area contributed by atoms with E-state index < -0.39 is 12.0 Å². The summed E-state index contributed by atoms with van der Waals surface area (Å²) in [5.41, 5.74) is 5.36. The van der Waals surface area contributed by atoms with E-state index in [9.17, 15) is 4.79 Å². The molecule has 1 rings (SSSR count). The zero-order chi connectivity index (χ0) is 10.0. The summed E-state index contributed by atoms with van der Waals surface area (Å²) >= 11 is 10.3. The van der Waals surface area contributed by atoms with Crippen LogP contribution in [0.1, 0.15) is 4.88 Å². The molecule has 1 aromatic heterocycles. The lowest BCUT2D eigenvalue weighted by Gasteiger charge is -2.02. The number of halogens is 2. The lowest BCUT2D eigenvalue weighted by Crippen LogP contribution is -2.31. The third kappa shape index (κ3) is 2.95. The number of thiophene rings is 1. The van der Waals surface area contributed by atoms with Gasteiger partial charge < -0.3 is 10.8 Å². The third-order valence-electron chi connectivity index (χ3n) is 1.43. The maximum atomic E-state index is 10.4. The van der Waals surface area contributed by atoms with Gasteiger partial charge in [-0.2, -0.15) is 0 Å². The summed E-state index contributed by atoms with van der Waals surface area (Å²) in [6.07, 6.45) is 0.311. The molecule has 1 heterocycles. The van der Waals surface area contributed by atoms with Gasteiger partial charge in [-0.15, -0.1) is 11.3 Å². The number of nitrogens with two attached hydrogens (primary N) is 1. The van der Waals surface area contributed by atoms with Gasteiger partial charge in [0, 0.05) is 15.8 Å². The molecule has 0 aliphatic carbocycles. The summed E-state index contributed by atoms with van der Waals surface area (Å²) in [5, 5.41) is 8.55. The SMILES string of the molecule is N[C@H](Cc1cc(Br)c(Cl)s1)C(=O)O. The summed E-state index contributed by atoms with van der Waals surface area (Å²) in [7, 11) is 0. The van der Waals surface area contributed by atoms with Gasteiger partial charge >= 0.3 is 5.97 Å². The van der Waals surface area contributed by atoms with Gasteiger partial charge in [-0.25, -0.2) is 0 Å². The molecular formula is C7H7BrClNO2S.